The number of aryl methyl sites for hydroxylation is 2. The van der Waals surface area contributed by atoms with Crippen molar-refractivity contribution in [2.45, 2.75) is 26.3 Å². The molecular weight excluding hydrogens is 258 g/mol. The minimum atomic E-state index is 0.0543. The molecule has 0 aliphatic heterocycles. The monoisotopic (exact) mass is 283 g/mol. The molecule has 2 N–H and O–H groups in total. The van der Waals surface area contributed by atoms with E-state index in [9.17, 15) is 0 Å². The van der Waals surface area contributed by atoms with Crippen LogP contribution in [0.25, 0.3) is 0 Å². The van der Waals surface area contributed by atoms with Gasteiger partial charge in [-0.05, 0) is 44.2 Å². The lowest BCUT2D eigenvalue weighted by Gasteiger charge is -2.23. The second-order valence-corrected chi connectivity index (χ2v) is 5.80. The van der Waals surface area contributed by atoms with Gasteiger partial charge in [0.2, 0.25) is 0 Å². The molecule has 3 heteroatoms. The highest BCUT2D eigenvalue weighted by atomic mass is 15.1. The highest BCUT2D eigenvalue weighted by Gasteiger charge is 2.12. The smallest absolute Gasteiger partial charge is 0.0426 e. The Morgan fingerprint density at radius 2 is 2.00 bits per heavy atom. The third-order valence-corrected chi connectivity index (χ3v) is 3.82. The van der Waals surface area contributed by atoms with Gasteiger partial charge in [-0.15, -0.1) is 0 Å². The van der Waals surface area contributed by atoms with E-state index in [1.807, 2.05) is 18.3 Å². The van der Waals surface area contributed by atoms with Crippen LogP contribution in [0.3, 0.4) is 0 Å². The predicted molar refractivity (Wildman–Crippen MR) is 88.3 cm³/mol. The summed E-state index contributed by atoms with van der Waals surface area (Å²) >= 11 is 0. The molecule has 0 aliphatic carbocycles. The van der Waals surface area contributed by atoms with E-state index in [0.29, 0.717) is 0 Å². The molecular formula is C18H25N3. The zero-order chi connectivity index (χ0) is 15.2. The number of likely N-dealkylation sites (N-methyl/N-ethyl adjacent to an activating group) is 1. The van der Waals surface area contributed by atoms with E-state index in [1.165, 1.54) is 16.7 Å². The van der Waals surface area contributed by atoms with Gasteiger partial charge in [0, 0.05) is 37.4 Å². The maximum Gasteiger partial charge on any atom is 0.0426 e. The van der Waals surface area contributed by atoms with Crippen LogP contribution in [0.4, 0.5) is 0 Å². The van der Waals surface area contributed by atoms with E-state index in [2.05, 4.69) is 55.0 Å². The largest absolute Gasteiger partial charge is 0.323 e. The van der Waals surface area contributed by atoms with Crippen molar-refractivity contribution in [2.75, 3.05) is 20.1 Å². The van der Waals surface area contributed by atoms with Gasteiger partial charge in [0.1, 0.15) is 0 Å². The number of rotatable bonds is 6. The summed E-state index contributed by atoms with van der Waals surface area (Å²) in [5.74, 6) is 0. The number of hydrogen-bond acceptors (Lipinski definition) is 3. The van der Waals surface area contributed by atoms with Crippen molar-refractivity contribution < 1.29 is 0 Å². The molecule has 1 aromatic heterocycles. The first-order valence-electron chi connectivity index (χ1n) is 7.47. The summed E-state index contributed by atoms with van der Waals surface area (Å²) in [7, 11) is 2.12. The Kier molecular flexibility index (Phi) is 5.48. The fourth-order valence-electron chi connectivity index (χ4n) is 2.54. The van der Waals surface area contributed by atoms with Gasteiger partial charge in [-0.2, -0.15) is 0 Å². The predicted octanol–water partition coefficient (Wildman–Crippen LogP) is 2.87. The maximum atomic E-state index is 6.38. The lowest BCUT2D eigenvalue weighted by atomic mass is 9.99. The molecule has 0 amide bonds. The summed E-state index contributed by atoms with van der Waals surface area (Å²) in [5, 5.41) is 0. The molecule has 2 rings (SSSR count). The van der Waals surface area contributed by atoms with Crippen molar-refractivity contribution in [3.63, 3.8) is 0 Å². The summed E-state index contributed by atoms with van der Waals surface area (Å²) in [5.41, 5.74) is 11.3. The van der Waals surface area contributed by atoms with Gasteiger partial charge in [-0.25, -0.2) is 0 Å². The molecule has 0 aliphatic rings. The lowest BCUT2D eigenvalue weighted by Crippen LogP contribution is -2.31. The first kappa shape index (κ1) is 15.7. The average molecular weight is 283 g/mol. The molecule has 0 saturated heterocycles. The van der Waals surface area contributed by atoms with Gasteiger partial charge in [-0.1, -0.05) is 29.8 Å². The fourth-order valence-corrected chi connectivity index (χ4v) is 2.54. The summed E-state index contributed by atoms with van der Waals surface area (Å²) in [4.78, 5) is 6.63. The molecule has 0 bridgehead atoms. The molecule has 0 fully saturated rings. The lowest BCUT2D eigenvalue weighted by molar-refractivity contribution is 0.315. The Labute approximate surface area is 127 Å². The van der Waals surface area contributed by atoms with E-state index in [0.717, 1.165) is 25.2 Å². The van der Waals surface area contributed by atoms with Crippen LogP contribution in [0.5, 0.6) is 0 Å². The third-order valence-electron chi connectivity index (χ3n) is 3.82. The van der Waals surface area contributed by atoms with Gasteiger partial charge in [0.25, 0.3) is 0 Å². The highest BCUT2D eigenvalue weighted by Crippen LogP contribution is 2.18. The van der Waals surface area contributed by atoms with E-state index in [4.69, 9.17) is 5.73 Å². The summed E-state index contributed by atoms with van der Waals surface area (Å²) in [6, 6.07) is 12.6. The first-order valence-corrected chi connectivity index (χ1v) is 7.47. The van der Waals surface area contributed by atoms with E-state index < -0.39 is 0 Å². The van der Waals surface area contributed by atoms with E-state index in [-0.39, 0.29) is 6.04 Å². The average Bonchev–Trinajstić information content (AvgIpc) is 2.48. The maximum absolute atomic E-state index is 6.38. The number of pyridine rings is 1. The first-order chi connectivity index (χ1) is 10.1. The molecule has 1 aromatic carbocycles. The Morgan fingerprint density at radius 1 is 1.19 bits per heavy atom. The van der Waals surface area contributed by atoms with Crippen molar-refractivity contribution in [1.82, 2.24) is 9.88 Å². The minimum absolute atomic E-state index is 0.0543. The van der Waals surface area contributed by atoms with Crippen LogP contribution in [0.15, 0.2) is 42.6 Å². The number of nitrogens with two attached hydrogens (primary N) is 1. The molecule has 1 heterocycles. The molecule has 21 heavy (non-hydrogen) atoms. The molecule has 0 radical (unpaired) electrons. The summed E-state index contributed by atoms with van der Waals surface area (Å²) in [6.45, 7) is 6.07. The normalized spacial score (nSPS) is 12.6. The van der Waals surface area contributed by atoms with Crippen LogP contribution in [0.2, 0.25) is 0 Å². The molecule has 2 aromatic rings. The van der Waals surface area contributed by atoms with Crippen LogP contribution in [-0.2, 0) is 6.42 Å². The zero-order valence-corrected chi connectivity index (χ0v) is 13.2. The van der Waals surface area contributed by atoms with Crippen LogP contribution in [0, 0.1) is 13.8 Å². The zero-order valence-electron chi connectivity index (χ0n) is 13.2. The minimum Gasteiger partial charge on any atom is -0.323 e. The highest BCUT2D eigenvalue weighted by molar-refractivity contribution is 5.33. The number of nitrogens with zero attached hydrogens (tertiary/aromatic N) is 2. The van der Waals surface area contributed by atoms with Crippen molar-refractivity contribution in [3.05, 3.63) is 65.0 Å². The molecule has 3 nitrogen and oxygen atoms in total. The number of hydrogen-bond donors (Lipinski definition) is 1. The Bertz CT molecular complexity index is 566. The number of benzene rings is 1. The molecule has 112 valence electrons. The third kappa shape index (κ3) is 4.66. The van der Waals surface area contributed by atoms with E-state index in [1.54, 1.807) is 0 Å². The molecule has 1 unspecified atom stereocenters. The van der Waals surface area contributed by atoms with Crippen LogP contribution in [-0.4, -0.2) is 30.0 Å². The van der Waals surface area contributed by atoms with E-state index >= 15 is 0 Å². The van der Waals surface area contributed by atoms with Gasteiger partial charge in [0.05, 0.1) is 0 Å². The van der Waals surface area contributed by atoms with Gasteiger partial charge < -0.3 is 10.6 Å². The second-order valence-electron chi connectivity index (χ2n) is 5.80. The fraction of sp³-hybridized carbons (Fsp3) is 0.389. The summed E-state index contributed by atoms with van der Waals surface area (Å²) in [6.07, 6.45) is 2.80. The standard InChI is InChI=1S/C18H25N3/c1-14-7-8-15(2)17(12-14)18(19)13-21(3)11-9-16-6-4-5-10-20-16/h4-8,10,12,18H,9,11,13,19H2,1-3H3. The quantitative estimate of drug-likeness (QED) is 0.886. The second kappa shape index (κ2) is 7.34. The molecule has 0 spiro atoms. The Morgan fingerprint density at radius 3 is 2.71 bits per heavy atom. The Hall–Kier alpha value is -1.71. The SMILES string of the molecule is Cc1ccc(C)c(C(N)CN(C)CCc2ccccn2)c1. The Balaban J connectivity index is 1.90. The van der Waals surface area contributed by atoms with Crippen molar-refractivity contribution in [1.29, 1.82) is 0 Å². The molecule has 1 atom stereocenters. The van der Waals surface area contributed by atoms with Crippen molar-refractivity contribution >= 4 is 0 Å². The number of aromatic nitrogens is 1. The van der Waals surface area contributed by atoms with Crippen LogP contribution >= 0.6 is 0 Å². The summed E-state index contributed by atoms with van der Waals surface area (Å²) < 4.78 is 0. The topological polar surface area (TPSA) is 42.1 Å². The molecule has 0 saturated carbocycles. The van der Waals surface area contributed by atoms with Crippen LogP contribution < -0.4 is 5.73 Å². The van der Waals surface area contributed by atoms with Crippen molar-refractivity contribution in [3.8, 4) is 0 Å². The van der Waals surface area contributed by atoms with Crippen LogP contribution in [0.1, 0.15) is 28.4 Å². The van der Waals surface area contributed by atoms with Gasteiger partial charge >= 0.3 is 0 Å². The van der Waals surface area contributed by atoms with Crippen molar-refractivity contribution in [2.24, 2.45) is 5.73 Å². The van der Waals surface area contributed by atoms with Gasteiger partial charge in [0.15, 0.2) is 0 Å². The van der Waals surface area contributed by atoms with Gasteiger partial charge in [-0.3, -0.25) is 4.98 Å².